The van der Waals surface area contributed by atoms with Crippen LogP contribution in [0.4, 0.5) is 25.8 Å². The molecule has 1 fully saturated rings. The van der Waals surface area contributed by atoms with Crippen molar-refractivity contribution in [3.05, 3.63) is 53.6 Å². The SMILES string of the molecule is N#Cc1ccc(N(N)c2ccc(C(=O)N3CCC(F)(F)CC3)cc2N)cc1. The highest BCUT2D eigenvalue weighted by Gasteiger charge is 2.35. The highest BCUT2D eigenvalue weighted by atomic mass is 19.3. The second kappa shape index (κ2) is 7.21. The van der Waals surface area contributed by atoms with Gasteiger partial charge in [-0.25, -0.2) is 14.6 Å². The van der Waals surface area contributed by atoms with Gasteiger partial charge in [0.25, 0.3) is 11.8 Å². The molecule has 3 rings (SSSR count). The molecule has 8 heteroatoms. The van der Waals surface area contributed by atoms with E-state index < -0.39 is 5.92 Å². The second-order valence-electron chi connectivity index (χ2n) is 6.45. The summed E-state index contributed by atoms with van der Waals surface area (Å²) in [6.07, 6.45) is -0.664. The first kappa shape index (κ1) is 18.6. The van der Waals surface area contributed by atoms with Gasteiger partial charge in [-0.3, -0.25) is 9.80 Å². The molecule has 1 aliphatic heterocycles. The number of halogens is 2. The van der Waals surface area contributed by atoms with E-state index in [4.69, 9.17) is 16.8 Å². The number of piperidine rings is 1. The molecular formula is C19H19F2N5O. The number of amides is 1. The van der Waals surface area contributed by atoms with Crippen LogP contribution in [0.25, 0.3) is 0 Å². The molecule has 0 aromatic heterocycles. The summed E-state index contributed by atoms with van der Waals surface area (Å²) in [5.74, 6) is 3.06. The lowest BCUT2D eigenvalue weighted by atomic mass is 10.0. The second-order valence-corrected chi connectivity index (χ2v) is 6.45. The Labute approximate surface area is 155 Å². The van der Waals surface area contributed by atoms with Gasteiger partial charge in [-0.15, -0.1) is 0 Å². The highest BCUT2D eigenvalue weighted by molar-refractivity contribution is 5.96. The average Bonchev–Trinajstić information content (AvgIpc) is 2.67. The standard InChI is InChI=1S/C19H19F2N5O/c20-19(21)7-9-25(10-8-19)18(27)14-3-6-17(16(23)11-14)26(24)15-4-1-13(12-22)2-5-15/h1-6,11H,7-10,23-24H2. The summed E-state index contributed by atoms with van der Waals surface area (Å²) in [6.45, 7) is 0.0312. The number of hydrogen-bond acceptors (Lipinski definition) is 5. The predicted molar refractivity (Wildman–Crippen MR) is 98.4 cm³/mol. The first-order chi connectivity index (χ1) is 12.8. The zero-order chi connectivity index (χ0) is 19.6. The Morgan fingerprint density at radius 2 is 1.78 bits per heavy atom. The predicted octanol–water partition coefficient (Wildman–Crippen LogP) is 3.02. The first-order valence-electron chi connectivity index (χ1n) is 8.42. The Morgan fingerprint density at radius 1 is 1.15 bits per heavy atom. The molecule has 1 heterocycles. The molecule has 0 radical (unpaired) electrons. The molecule has 1 aliphatic rings. The number of hydrogen-bond donors (Lipinski definition) is 2. The van der Waals surface area contributed by atoms with Crippen LogP contribution in [0.3, 0.4) is 0 Å². The Bertz CT molecular complexity index is 882. The molecule has 1 amide bonds. The molecule has 4 N–H and O–H groups in total. The van der Waals surface area contributed by atoms with E-state index in [0.717, 1.165) is 0 Å². The lowest BCUT2D eigenvalue weighted by Crippen LogP contribution is -2.42. The topological polar surface area (TPSA) is 99.4 Å². The summed E-state index contributed by atoms with van der Waals surface area (Å²) < 4.78 is 26.5. The maximum absolute atomic E-state index is 13.3. The Balaban J connectivity index is 1.77. The number of nitrogens with two attached hydrogens (primary N) is 2. The summed E-state index contributed by atoms with van der Waals surface area (Å²) in [6, 6.07) is 13.3. The fraction of sp³-hybridized carbons (Fsp3) is 0.263. The van der Waals surface area contributed by atoms with Crippen LogP contribution in [0, 0.1) is 11.3 Å². The van der Waals surface area contributed by atoms with E-state index in [1.165, 1.54) is 16.0 Å². The van der Waals surface area contributed by atoms with Crippen LogP contribution in [0.2, 0.25) is 0 Å². The fourth-order valence-electron chi connectivity index (χ4n) is 2.96. The number of carbonyl (C=O) groups is 1. The molecule has 0 atom stereocenters. The smallest absolute Gasteiger partial charge is 0.253 e. The third-order valence-corrected chi connectivity index (χ3v) is 4.59. The lowest BCUT2D eigenvalue weighted by Gasteiger charge is -2.32. The number of carbonyl (C=O) groups excluding carboxylic acids is 1. The largest absolute Gasteiger partial charge is 0.397 e. The van der Waals surface area contributed by atoms with Gasteiger partial charge in [0.15, 0.2) is 0 Å². The van der Waals surface area contributed by atoms with Gasteiger partial charge in [0, 0.05) is 31.5 Å². The molecule has 0 aliphatic carbocycles. The van der Waals surface area contributed by atoms with E-state index in [-0.39, 0.29) is 37.5 Å². The number of hydrazine groups is 1. The van der Waals surface area contributed by atoms with E-state index in [0.29, 0.717) is 22.5 Å². The Kier molecular flexibility index (Phi) is 4.97. The zero-order valence-electron chi connectivity index (χ0n) is 14.5. The monoisotopic (exact) mass is 371 g/mol. The van der Waals surface area contributed by atoms with Gasteiger partial charge in [0.2, 0.25) is 0 Å². The van der Waals surface area contributed by atoms with Crippen molar-refractivity contribution in [1.82, 2.24) is 4.90 Å². The van der Waals surface area contributed by atoms with Crippen LogP contribution in [-0.4, -0.2) is 29.8 Å². The van der Waals surface area contributed by atoms with Crippen molar-refractivity contribution in [2.75, 3.05) is 23.8 Å². The van der Waals surface area contributed by atoms with Crippen LogP contribution >= 0.6 is 0 Å². The molecule has 2 aromatic carbocycles. The Morgan fingerprint density at radius 3 is 2.33 bits per heavy atom. The molecular weight excluding hydrogens is 352 g/mol. The number of anilines is 3. The minimum Gasteiger partial charge on any atom is -0.397 e. The van der Waals surface area contributed by atoms with Crippen molar-refractivity contribution in [2.45, 2.75) is 18.8 Å². The third kappa shape index (κ3) is 3.99. The minimum atomic E-state index is -2.71. The molecule has 0 saturated carbocycles. The quantitative estimate of drug-likeness (QED) is 0.491. The van der Waals surface area contributed by atoms with Gasteiger partial charge in [0.1, 0.15) is 0 Å². The third-order valence-electron chi connectivity index (χ3n) is 4.59. The number of likely N-dealkylation sites (tertiary alicyclic amines) is 1. The van der Waals surface area contributed by atoms with Crippen molar-refractivity contribution < 1.29 is 13.6 Å². The highest BCUT2D eigenvalue weighted by Crippen LogP contribution is 2.31. The van der Waals surface area contributed by atoms with Gasteiger partial charge in [-0.1, -0.05) is 0 Å². The summed E-state index contributed by atoms with van der Waals surface area (Å²) in [7, 11) is 0. The van der Waals surface area contributed by atoms with Gasteiger partial charge in [-0.05, 0) is 42.5 Å². The van der Waals surface area contributed by atoms with E-state index in [2.05, 4.69) is 0 Å². The molecule has 2 aromatic rings. The summed E-state index contributed by atoms with van der Waals surface area (Å²) in [5, 5.41) is 10.2. The zero-order valence-corrected chi connectivity index (χ0v) is 14.5. The van der Waals surface area contributed by atoms with Gasteiger partial charge >= 0.3 is 0 Å². The molecule has 140 valence electrons. The minimum absolute atomic E-state index is 0.0156. The molecule has 0 bridgehead atoms. The van der Waals surface area contributed by atoms with E-state index in [9.17, 15) is 13.6 Å². The van der Waals surface area contributed by atoms with E-state index in [1.807, 2.05) is 6.07 Å². The summed E-state index contributed by atoms with van der Waals surface area (Å²) in [4.78, 5) is 13.9. The number of benzene rings is 2. The van der Waals surface area contributed by atoms with Crippen molar-refractivity contribution in [1.29, 1.82) is 5.26 Å². The van der Waals surface area contributed by atoms with Crippen LogP contribution in [0.5, 0.6) is 0 Å². The van der Waals surface area contributed by atoms with E-state index in [1.54, 1.807) is 36.4 Å². The maximum atomic E-state index is 13.3. The first-order valence-corrected chi connectivity index (χ1v) is 8.42. The van der Waals surface area contributed by atoms with Gasteiger partial charge in [-0.2, -0.15) is 5.26 Å². The summed E-state index contributed by atoms with van der Waals surface area (Å²) >= 11 is 0. The van der Waals surface area contributed by atoms with Crippen LogP contribution in [0.1, 0.15) is 28.8 Å². The number of alkyl halides is 2. The van der Waals surface area contributed by atoms with Crippen LogP contribution in [-0.2, 0) is 0 Å². The van der Waals surface area contributed by atoms with Gasteiger partial charge in [0.05, 0.1) is 28.7 Å². The average molecular weight is 371 g/mol. The summed E-state index contributed by atoms with van der Waals surface area (Å²) in [5.41, 5.74) is 8.30. The molecule has 0 spiro atoms. The maximum Gasteiger partial charge on any atom is 0.253 e. The molecule has 27 heavy (non-hydrogen) atoms. The number of nitrogens with zero attached hydrogens (tertiary/aromatic N) is 3. The molecule has 0 unspecified atom stereocenters. The van der Waals surface area contributed by atoms with E-state index >= 15 is 0 Å². The van der Waals surface area contributed by atoms with Gasteiger partial charge < -0.3 is 10.6 Å². The normalized spacial score (nSPS) is 15.9. The lowest BCUT2D eigenvalue weighted by molar-refractivity contribution is -0.0494. The number of rotatable bonds is 3. The van der Waals surface area contributed by atoms with Crippen molar-refractivity contribution in [2.24, 2.45) is 5.84 Å². The number of nitriles is 1. The van der Waals surface area contributed by atoms with Crippen molar-refractivity contribution >= 4 is 23.0 Å². The van der Waals surface area contributed by atoms with Crippen LogP contribution < -0.4 is 16.6 Å². The fourth-order valence-corrected chi connectivity index (χ4v) is 2.96. The van der Waals surface area contributed by atoms with Crippen LogP contribution in [0.15, 0.2) is 42.5 Å². The van der Waals surface area contributed by atoms with Crippen molar-refractivity contribution in [3.8, 4) is 6.07 Å². The number of nitrogen functional groups attached to an aromatic ring is 1. The van der Waals surface area contributed by atoms with Crippen molar-refractivity contribution in [3.63, 3.8) is 0 Å². The molecule has 1 saturated heterocycles. The molecule has 6 nitrogen and oxygen atoms in total. The Hall–Kier alpha value is -3.18.